The molecule has 0 saturated heterocycles. The van der Waals surface area contributed by atoms with Crippen LogP contribution in [0.1, 0.15) is 18.4 Å². The molecule has 18 heavy (non-hydrogen) atoms. The second-order valence-corrected chi connectivity index (χ2v) is 5.06. The predicted octanol–water partition coefficient (Wildman–Crippen LogP) is 3.68. The van der Waals surface area contributed by atoms with Crippen molar-refractivity contribution in [3.8, 4) is 5.75 Å². The molecule has 1 heterocycles. The highest BCUT2D eigenvalue weighted by atomic mass is 35.5. The lowest BCUT2D eigenvalue weighted by Gasteiger charge is -2.22. The van der Waals surface area contributed by atoms with E-state index in [4.69, 9.17) is 16.3 Å². The molecule has 0 aromatic heterocycles. The molecule has 0 spiro atoms. The van der Waals surface area contributed by atoms with E-state index in [1.165, 1.54) is 13.0 Å². The fourth-order valence-electron chi connectivity index (χ4n) is 2.15. The van der Waals surface area contributed by atoms with Crippen LogP contribution in [0.3, 0.4) is 0 Å². The Morgan fingerprint density at radius 2 is 2.22 bits per heavy atom. The largest absolute Gasteiger partial charge is 0.492 e. The normalized spacial score (nSPS) is 15.9. The maximum absolute atomic E-state index is 6.11. The van der Waals surface area contributed by atoms with Crippen LogP contribution < -0.4 is 4.74 Å². The number of para-hydroxylation sites is 1. The van der Waals surface area contributed by atoms with E-state index in [0.29, 0.717) is 5.02 Å². The topological polar surface area (TPSA) is 12.5 Å². The summed E-state index contributed by atoms with van der Waals surface area (Å²) in [6.45, 7) is 6.09. The van der Waals surface area contributed by atoms with E-state index in [2.05, 4.69) is 17.1 Å². The third kappa shape index (κ3) is 3.76. The average molecular weight is 266 g/mol. The predicted molar refractivity (Wildman–Crippen MR) is 76.5 cm³/mol. The molecule has 2 nitrogen and oxygen atoms in total. The second-order valence-electron chi connectivity index (χ2n) is 4.65. The number of ether oxygens (including phenoxy) is 1. The molecular formula is C15H20ClNO. The number of nitrogens with zero attached hydrogens (tertiary/aromatic N) is 1. The van der Waals surface area contributed by atoms with Crippen LogP contribution in [-0.2, 0) is 0 Å². The average Bonchev–Trinajstić information content (AvgIpc) is 2.38. The summed E-state index contributed by atoms with van der Waals surface area (Å²) in [5, 5.41) is 0.705. The third-order valence-electron chi connectivity index (χ3n) is 3.17. The van der Waals surface area contributed by atoms with Crippen molar-refractivity contribution in [2.24, 2.45) is 0 Å². The van der Waals surface area contributed by atoms with Gasteiger partial charge in [0.05, 0.1) is 11.6 Å². The maximum atomic E-state index is 6.11. The van der Waals surface area contributed by atoms with Crippen molar-refractivity contribution >= 4 is 11.6 Å². The van der Waals surface area contributed by atoms with Crippen LogP contribution in [-0.4, -0.2) is 31.1 Å². The van der Waals surface area contributed by atoms with Crippen LogP contribution in [0.4, 0.5) is 0 Å². The summed E-state index contributed by atoms with van der Waals surface area (Å²) in [5.41, 5.74) is 1.10. The molecule has 0 saturated carbocycles. The van der Waals surface area contributed by atoms with E-state index in [1.807, 2.05) is 25.1 Å². The summed E-state index contributed by atoms with van der Waals surface area (Å²) in [7, 11) is 0. The summed E-state index contributed by atoms with van der Waals surface area (Å²) in [4.78, 5) is 2.45. The van der Waals surface area contributed by atoms with Crippen molar-refractivity contribution in [1.82, 2.24) is 4.90 Å². The first-order chi connectivity index (χ1) is 8.77. The minimum Gasteiger partial charge on any atom is -0.492 e. The van der Waals surface area contributed by atoms with Gasteiger partial charge in [0.1, 0.15) is 5.75 Å². The minimum absolute atomic E-state index is 0.705. The standard InChI is InChI=1S/C15H20ClNO/c1-13-7-5-8-14(16)15(13)18-12-6-11-17-9-3-2-4-10-17/h2-3,5,7-8H,4,6,9-12H2,1H3. The zero-order valence-electron chi connectivity index (χ0n) is 10.9. The van der Waals surface area contributed by atoms with Crippen molar-refractivity contribution in [2.45, 2.75) is 19.8 Å². The smallest absolute Gasteiger partial charge is 0.140 e. The van der Waals surface area contributed by atoms with Gasteiger partial charge in [-0.05, 0) is 31.4 Å². The molecule has 0 N–H and O–H groups in total. The fraction of sp³-hybridized carbons (Fsp3) is 0.467. The third-order valence-corrected chi connectivity index (χ3v) is 3.47. The summed E-state index contributed by atoms with van der Waals surface area (Å²) < 4.78 is 5.78. The Morgan fingerprint density at radius 1 is 1.33 bits per heavy atom. The van der Waals surface area contributed by atoms with E-state index in [9.17, 15) is 0 Å². The first kappa shape index (κ1) is 13.4. The van der Waals surface area contributed by atoms with E-state index in [1.54, 1.807) is 0 Å². The van der Waals surface area contributed by atoms with Crippen molar-refractivity contribution in [2.75, 3.05) is 26.2 Å². The van der Waals surface area contributed by atoms with E-state index < -0.39 is 0 Å². The van der Waals surface area contributed by atoms with Gasteiger partial charge >= 0.3 is 0 Å². The van der Waals surface area contributed by atoms with Crippen LogP contribution in [0, 0.1) is 6.92 Å². The highest BCUT2D eigenvalue weighted by Crippen LogP contribution is 2.27. The van der Waals surface area contributed by atoms with Crippen LogP contribution in [0.5, 0.6) is 5.75 Å². The SMILES string of the molecule is Cc1cccc(Cl)c1OCCCN1CC=CCC1. The molecule has 0 aliphatic carbocycles. The molecule has 0 amide bonds. The van der Waals surface area contributed by atoms with Crippen molar-refractivity contribution in [3.05, 3.63) is 40.9 Å². The molecule has 1 aromatic carbocycles. The lowest BCUT2D eigenvalue weighted by molar-refractivity contribution is 0.246. The van der Waals surface area contributed by atoms with Gasteiger partial charge in [-0.2, -0.15) is 0 Å². The van der Waals surface area contributed by atoms with Gasteiger partial charge in [0.15, 0.2) is 0 Å². The van der Waals surface area contributed by atoms with Crippen molar-refractivity contribution in [1.29, 1.82) is 0 Å². The Morgan fingerprint density at radius 3 is 2.94 bits per heavy atom. The molecule has 1 aromatic rings. The Labute approximate surface area is 114 Å². The second kappa shape index (κ2) is 6.81. The van der Waals surface area contributed by atoms with Gasteiger partial charge in [-0.15, -0.1) is 0 Å². The monoisotopic (exact) mass is 265 g/mol. The molecule has 0 fully saturated rings. The van der Waals surface area contributed by atoms with Gasteiger partial charge in [-0.3, -0.25) is 4.90 Å². The molecule has 2 rings (SSSR count). The minimum atomic E-state index is 0.705. The Kier molecular flexibility index (Phi) is 5.09. The van der Waals surface area contributed by atoms with Gasteiger partial charge < -0.3 is 4.74 Å². The Hall–Kier alpha value is -0.990. The number of rotatable bonds is 5. The number of aryl methyl sites for hydroxylation is 1. The molecule has 1 aliphatic heterocycles. The quantitative estimate of drug-likeness (QED) is 0.595. The molecule has 0 radical (unpaired) electrons. The lowest BCUT2D eigenvalue weighted by Crippen LogP contribution is -2.29. The van der Waals surface area contributed by atoms with Gasteiger partial charge in [0.2, 0.25) is 0 Å². The molecule has 1 aliphatic rings. The number of benzene rings is 1. The highest BCUT2D eigenvalue weighted by Gasteiger charge is 2.07. The maximum Gasteiger partial charge on any atom is 0.140 e. The zero-order valence-corrected chi connectivity index (χ0v) is 11.6. The molecule has 0 bridgehead atoms. The summed E-state index contributed by atoms with van der Waals surface area (Å²) in [5.74, 6) is 0.831. The Balaban J connectivity index is 1.73. The zero-order chi connectivity index (χ0) is 12.8. The lowest BCUT2D eigenvalue weighted by atomic mass is 10.2. The first-order valence-corrected chi connectivity index (χ1v) is 6.90. The van der Waals surface area contributed by atoms with Gasteiger partial charge in [0, 0.05) is 19.6 Å². The van der Waals surface area contributed by atoms with Gasteiger partial charge in [0.25, 0.3) is 0 Å². The van der Waals surface area contributed by atoms with Crippen molar-refractivity contribution in [3.63, 3.8) is 0 Å². The summed E-state index contributed by atoms with van der Waals surface area (Å²) in [6.07, 6.45) is 6.70. The van der Waals surface area contributed by atoms with E-state index in [-0.39, 0.29) is 0 Å². The molecule has 3 heteroatoms. The first-order valence-electron chi connectivity index (χ1n) is 6.52. The number of hydrogen-bond donors (Lipinski definition) is 0. The van der Waals surface area contributed by atoms with E-state index in [0.717, 1.165) is 37.4 Å². The van der Waals surface area contributed by atoms with Crippen LogP contribution >= 0.6 is 11.6 Å². The highest BCUT2D eigenvalue weighted by molar-refractivity contribution is 6.32. The van der Waals surface area contributed by atoms with Gasteiger partial charge in [-0.1, -0.05) is 35.9 Å². The van der Waals surface area contributed by atoms with E-state index >= 15 is 0 Å². The molecule has 98 valence electrons. The molecule has 0 atom stereocenters. The van der Waals surface area contributed by atoms with Crippen LogP contribution in [0.15, 0.2) is 30.4 Å². The fourth-order valence-corrected chi connectivity index (χ4v) is 2.43. The number of halogens is 1. The number of hydrogen-bond acceptors (Lipinski definition) is 2. The van der Waals surface area contributed by atoms with Crippen molar-refractivity contribution < 1.29 is 4.74 Å². The summed E-state index contributed by atoms with van der Waals surface area (Å²) >= 11 is 6.11. The summed E-state index contributed by atoms with van der Waals surface area (Å²) in [6, 6.07) is 5.85. The Bertz CT molecular complexity index is 397. The van der Waals surface area contributed by atoms with Crippen LogP contribution in [0.25, 0.3) is 0 Å². The van der Waals surface area contributed by atoms with Crippen LogP contribution in [0.2, 0.25) is 5.02 Å². The van der Waals surface area contributed by atoms with Gasteiger partial charge in [-0.25, -0.2) is 0 Å². The molecular weight excluding hydrogens is 246 g/mol. The molecule has 0 unspecified atom stereocenters.